The second kappa shape index (κ2) is 9.72. The summed E-state index contributed by atoms with van der Waals surface area (Å²) in [5, 5.41) is 10.3. The van der Waals surface area contributed by atoms with Gasteiger partial charge in [0.2, 0.25) is 0 Å². The van der Waals surface area contributed by atoms with Gasteiger partial charge in [0.1, 0.15) is 12.4 Å². The van der Waals surface area contributed by atoms with E-state index in [1.807, 2.05) is 47.3 Å². The summed E-state index contributed by atoms with van der Waals surface area (Å²) in [5.41, 5.74) is 2.64. The molecule has 1 amide bonds. The molecule has 1 N–H and O–H groups in total. The van der Waals surface area contributed by atoms with Crippen LogP contribution in [0.4, 0.5) is 5.69 Å². The van der Waals surface area contributed by atoms with Crippen LogP contribution in [0.15, 0.2) is 54.0 Å². The van der Waals surface area contributed by atoms with Gasteiger partial charge < -0.3 is 14.8 Å². The van der Waals surface area contributed by atoms with Gasteiger partial charge in [0.25, 0.3) is 5.91 Å². The molecule has 4 heterocycles. The summed E-state index contributed by atoms with van der Waals surface area (Å²) in [4.78, 5) is 19.1. The first-order valence-corrected chi connectivity index (χ1v) is 12.1. The van der Waals surface area contributed by atoms with Crippen molar-refractivity contribution < 1.29 is 14.3 Å². The van der Waals surface area contributed by atoms with Crippen LogP contribution in [0.5, 0.6) is 5.75 Å². The summed E-state index contributed by atoms with van der Waals surface area (Å²) in [6.45, 7) is 3.77. The maximum absolute atomic E-state index is 13.3. The molecule has 33 heavy (non-hydrogen) atoms. The number of rotatable bonds is 7. The zero-order valence-electron chi connectivity index (χ0n) is 18.5. The van der Waals surface area contributed by atoms with E-state index in [0.717, 1.165) is 36.9 Å². The molecule has 1 saturated heterocycles. The Morgan fingerprint density at radius 1 is 1.27 bits per heavy atom. The largest absolute Gasteiger partial charge is 0.489 e. The molecule has 5 rings (SSSR count). The summed E-state index contributed by atoms with van der Waals surface area (Å²) in [5.74, 6) is 0.418. The van der Waals surface area contributed by atoms with Gasteiger partial charge in [0.05, 0.1) is 35.5 Å². The highest BCUT2D eigenvalue weighted by atomic mass is 32.1. The lowest BCUT2D eigenvalue weighted by atomic mass is 10.1. The molecule has 8 heteroatoms. The van der Waals surface area contributed by atoms with Crippen molar-refractivity contribution in [2.75, 3.05) is 18.5 Å². The van der Waals surface area contributed by atoms with Crippen molar-refractivity contribution in [2.24, 2.45) is 0 Å². The Kier molecular flexibility index (Phi) is 6.37. The minimum atomic E-state index is -0.217. The summed E-state index contributed by atoms with van der Waals surface area (Å²) in [6, 6.07) is 13.4. The maximum atomic E-state index is 13.3. The van der Waals surface area contributed by atoms with Crippen LogP contribution in [-0.4, -0.2) is 40.0 Å². The van der Waals surface area contributed by atoms with Crippen LogP contribution in [0.2, 0.25) is 0 Å². The number of anilines is 1. The van der Waals surface area contributed by atoms with Crippen LogP contribution in [0, 0.1) is 6.92 Å². The number of hydrogen-bond donors (Lipinski definition) is 1. The Morgan fingerprint density at radius 2 is 2.18 bits per heavy atom. The maximum Gasteiger partial charge on any atom is 0.256 e. The van der Waals surface area contributed by atoms with Crippen molar-refractivity contribution in [2.45, 2.75) is 38.8 Å². The van der Waals surface area contributed by atoms with Crippen molar-refractivity contribution in [3.63, 3.8) is 0 Å². The van der Waals surface area contributed by atoms with Crippen LogP contribution in [-0.2, 0) is 11.3 Å². The Balaban J connectivity index is 1.37. The average molecular weight is 463 g/mol. The standard InChI is InChI=1S/C25H26N4O3S/c1-17-13-20(21-14-26-29(24(21)27-17)15-19-8-6-12-33-19)25(30)28-22-9-2-3-10-23(22)32-16-18-7-4-5-11-31-18/h2-3,6,8-10,12-14,18H,4-5,7,11,15-16H2,1H3,(H,28,30). The molecule has 170 valence electrons. The number of para-hydroxylation sites is 2. The van der Waals surface area contributed by atoms with Gasteiger partial charge in [0.15, 0.2) is 5.65 Å². The van der Waals surface area contributed by atoms with E-state index in [0.29, 0.717) is 35.8 Å². The van der Waals surface area contributed by atoms with Crippen LogP contribution in [0.1, 0.15) is 40.2 Å². The second-order valence-corrected chi connectivity index (χ2v) is 9.21. The third-order valence-corrected chi connectivity index (χ3v) is 6.56. The van der Waals surface area contributed by atoms with E-state index in [4.69, 9.17) is 9.47 Å². The predicted octanol–water partition coefficient (Wildman–Crippen LogP) is 5.05. The Morgan fingerprint density at radius 3 is 3.00 bits per heavy atom. The van der Waals surface area contributed by atoms with Crippen molar-refractivity contribution in [3.8, 4) is 5.75 Å². The molecule has 1 aliphatic heterocycles. The lowest BCUT2D eigenvalue weighted by molar-refractivity contribution is -0.0109. The Labute approximate surface area is 196 Å². The van der Waals surface area contributed by atoms with Crippen molar-refractivity contribution in [3.05, 3.63) is 70.2 Å². The van der Waals surface area contributed by atoms with E-state index in [1.54, 1.807) is 23.6 Å². The quantitative estimate of drug-likeness (QED) is 0.416. The molecule has 1 aromatic carbocycles. The molecule has 4 aromatic rings. The van der Waals surface area contributed by atoms with E-state index < -0.39 is 0 Å². The molecule has 0 spiro atoms. The lowest BCUT2D eigenvalue weighted by Crippen LogP contribution is -2.26. The highest BCUT2D eigenvalue weighted by Gasteiger charge is 2.19. The van der Waals surface area contributed by atoms with Crippen molar-refractivity contribution >= 4 is 34.0 Å². The molecule has 1 atom stereocenters. The number of carbonyl (C=O) groups is 1. The van der Waals surface area contributed by atoms with E-state index in [-0.39, 0.29) is 12.0 Å². The first-order valence-electron chi connectivity index (χ1n) is 11.2. The van der Waals surface area contributed by atoms with Crippen LogP contribution >= 0.6 is 11.3 Å². The third-order valence-electron chi connectivity index (χ3n) is 5.70. The van der Waals surface area contributed by atoms with Crippen LogP contribution in [0.25, 0.3) is 11.0 Å². The SMILES string of the molecule is Cc1cc(C(=O)Nc2ccccc2OCC2CCCCO2)c2cnn(Cc3cccs3)c2n1. The monoisotopic (exact) mass is 462 g/mol. The highest BCUT2D eigenvalue weighted by molar-refractivity contribution is 7.09. The van der Waals surface area contributed by atoms with Gasteiger partial charge in [-0.1, -0.05) is 18.2 Å². The van der Waals surface area contributed by atoms with Crippen LogP contribution in [0.3, 0.4) is 0 Å². The number of amides is 1. The minimum Gasteiger partial charge on any atom is -0.489 e. The number of pyridine rings is 1. The lowest BCUT2D eigenvalue weighted by Gasteiger charge is -2.23. The van der Waals surface area contributed by atoms with Gasteiger partial charge >= 0.3 is 0 Å². The van der Waals surface area contributed by atoms with Crippen molar-refractivity contribution in [1.29, 1.82) is 0 Å². The molecule has 1 fully saturated rings. The normalized spacial score (nSPS) is 16.1. The second-order valence-electron chi connectivity index (χ2n) is 8.18. The fourth-order valence-corrected chi connectivity index (χ4v) is 4.72. The highest BCUT2D eigenvalue weighted by Crippen LogP contribution is 2.27. The summed E-state index contributed by atoms with van der Waals surface area (Å²) < 4.78 is 13.6. The number of aryl methyl sites for hydroxylation is 1. The fourth-order valence-electron chi connectivity index (χ4n) is 4.03. The van der Waals surface area contributed by atoms with E-state index in [1.165, 1.54) is 4.88 Å². The molecule has 0 saturated carbocycles. The topological polar surface area (TPSA) is 78.3 Å². The first-order chi connectivity index (χ1) is 16.2. The third kappa shape index (κ3) is 4.91. The van der Waals surface area contributed by atoms with Crippen LogP contribution < -0.4 is 10.1 Å². The number of ether oxygens (including phenoxy) is 2. The Bertz CT molecular complexity index is 1250. The van der Waals surface area contributed by atoms with Gasteiger partial charge in [-0.25, -0.2) is 9.67 Å². The number of aromatic nitrogens is 3. The molecule has 3 aromatic heterocycles. The molecule has 1 unspecified atom stereocenters. The van der Waals surface area contributed by atoms with E-state index >= 15 is 0 Å². The summed E-state index contributed by atoms with van der Waals surface area (Å²) >= 11 is 1.67. The molecular weight excluding hydrogens is 436 g/mol. The summed E-state index contributed by atoms with van der Waals surface area (Å²) in [7, 11) is 0. The fraction of sp³-hybridized carbons (Fsp3) is 0.320. The summed E-state index contributed by atoms with van der Waals surface area (Å²) in [6.07, 6.45) is 5.07. The van der Waals surface area contributed by atoms with Gasteiger partial charge in [-0.05, 0) is 55.8 Å². The van der Waals surface area contributed by atoms with Gasteiger partial charge in [-0.15, -0.1) is 11.3 Å². The van der Waals surface area contributed by atoms with E-state index in [2.05, 4.69) is 21.5 Å². The average Bonchev–Trinajstić information content (AvgIpc) is 3.49. The van der Waals surface area contributed by atoms with E-state index in [9.17, 15) is 4.79 Å². The van der Waals surface area contributed by atoms with Gasteiger partial charge in [-0.3, -0.25) is 4.79 Å². The smallest absolute Gasteiger partial charge is 0.256 e. The molecule has 1 aliphatic rings. The number of benzene rings is 1. The zero-order valence-corrected chi connectivity index (χ0v) is 19.3. The number of nitrogens with zero attached hydrogens (tertiary/aromatic N) is 3. The molecule has 0 aliphatic carbocycles. The number of nitrogens with one attached hydrogen (secondary N) is 1. The molecule has 0 bridgehead atoms. The number of hydrogen-bond acceptors (Lipinski definition) is 6. The van der Waals surface area contributed by atoms with Gasteiger partial charge in [0, 0.05) is 17.2 Å². The number of thiophene rings is 1. The number of carbonyl (C=O) groups excluding carboxylic acids is 1. The molecular formula is C25H26N4O3S. The predicted molar refractivity (Wildman–Crippen MR) is 129 cm³/mol. The zero-order chi connectivity index (χ0) is 22.6. The minimum absolute atomic E-state index is 0.0964. The van der Waals surface area contributed by atoms with Crippen molar-refractivity contribution in [1.82, 2.24) is 14.8 Å². The number of fused-ring (bicyclic) bond motifs is 1. The first kappa shape index (κ1) is 21.6. The molecule has 7 nitrogen and oxygen atoms in total. The molecule has 0 radical (unpaired) electrons. The Hall–Kier alpha value is -3.23. The van der Waals surface area contributed by atoms with Gasteiger partial charge in [-0.2, -0.15) is 5.10 Å².